The van der Waals surface area contributed by atoms with Gasteiger partial charge >= 0.3 is 0 Å². The summed E-state index contributed by atoms with van der Waals surface area (Å²) in [6.45, 7) is 8.30. The zero-order chi connectivity index (χ0) is 11.2. The normalized spacial score (nSPS) is 32.8. The van der Waals surface area contributed by atoms with Crippen molar-refractivity contribution < 1.29 is 9.47 Å². The standard InChI is InChI=1S/C12H24N2O2/c1-11-10-13-5-6-14(11)7-9-16-12-4-2-3-8-15-12/h11-13H,2-10H2,1H3. The maximum absolute atomic E-state index is 5.75. The molecule has 0 aromatic rings. The van der Waals surface area contributed by atoms with Crippen molar-refractivity contribution in [2.75, 3.05) is 39.4 Å². The maximum atomic E-state index is 5.75. The van der Waals surface area contributed by atoms with Crippen molar-refractivity contribution >= 4 is 0 Å². The molecule has 0 spiro atoms. The second-order valence-corrected chi connectivity index (χ2v) is 4.76. The summed E-state index contributed by atoms with van der Waals surface area (Å²) in [5.74, 6) is 0. The minimum absolute atomic E-state index is 0.0620. The van der Waals surface area contributed by atoms with Crippen LogP contribution in [0.3, 0.4) is 0 Å². The quantitative estimate of drug-likeness (QED) is 0.772. The molecule has 2 saturated heterocycles. The lowest BCUT2D eigenvalue weighted by molar-refractivity contribution is -0.165. The molecule has 94 valence electrons. The molecule has 0 amide bonds. The van der Waals surface area contributed by atoms with Crippen molar-refractivity contribution in [1.82, 2.24) is 10.2 Å². The minimum Gasteiger partial charge on any atom is -0.353 e. The maximum Gasteiger partial charge on any atom is 0.157 e. The van der Waals surface area contributed by atoms with E-state index in [1.165, 1.54) is 12.8 Å². The van der Waals surface area contributed by atoms with Crippen molar-refractivity contribution in [1.29, 1.82) is 0 Å². The van der Waals surface area contributed by atoms with E-state index in [2.05, 4.69) is 17.1 Å². The SMILES string of the molecule is CC1CNCCN1CCOC1CCCCO1. The highest BCUT2D eigenvalue weighted by molar-refractivity contribution is 4.75. The van der Waals surface area contributed by atoms with Gasteiger partial charge in [-0.2, -0.15) is 0 Å². The van der Waals surface area contributed by atoms with Crippen LogP contribution in [0.4, 0.5) is 0 Å². The summed E-state index contributed by atoms with van der Waals surface area (Å²) in [4.78, 5) is 2.49. The molecule has 2 aliphatic heterocycles. The van der Waals surface area contributed by atoms with Crippen LogP contribution in [0.1, 0.15) is 26.2 Å². The molecule has 0 aromatic heterocycles. The van der Waals surface area contributed by atoms with E-state index in [0.29, 0.717) is 6.04 Å². The molecule has 4 nitrogen and oxygen atoms in total. The van der Waals surface area contributed by atoms with Crippen LogP contribution in [-0.4, -0.2) is 56.6 Å². The van der Waals surface area contributed by atoms with Crippen LogP contribution in [0.25, 0.3) is 0 Å². The van der Waals surface area contributed by atoms with Gasteiger partial charge in [-0.15, -0.1) is 0 Å². The molecule has 2 aliphatic rings. The second-order valence-electron chi connectivity index (χ2n) is 4.76. The van der Waals surface area contributed by atoms with Crippen molar-refractivity contribution in [2.24, 2.45) is 0 Å². The Hall–Kier alpha value is -0.160. The van der Waals surface area contributed by atoms with Crippen molar-refractivity contribution in [3.63, 3.8) is 0 Å². The molecule has 0 saturated carbocycles. The fraction of sp³-hybridized carbons (Fsp3) is 1.00. The highest BCUT2D eigenvalue weighted by atomic mass is 16.7. The number of nitrogens with zero attached hydrogens (tertiary/aromatic N) is 1. The molecule has 0 bridgehead atoms. The molecule has 2 fully saturated rings. The van der Waals surface area contributed by atoms with Gasteiger partial charge in [-0.05, 0) is 26.2 Å². The predicted octanol–water partition coefficient (Wildman–Crippen LogP) is 0.823. The molecule has 0 aliphatic carbocycles. The van der Waals surface area contributed by atoms with Gasteiger partial charge in [0.05, 0.1) is 6.61 Å². The van der Waals surface area contributed by atoms with Crippen LogP contribution in [0, 0.1) is 0 Å². The number of hydrogen-bond acceptors (Lipinski definition) is 4. The molecule has 4 heteroatoms. The van der Waals surface area contributed by atoms with Crippen LogP contribution >= 0.6 is 0 Å². The number of piperazine rings is 1. The van der Waals surface area contributed by atoms with E-state index in [4.69, 9.17) is 9.47 Å². The number of rotatable bonds is 4. The molecular formula is C12H24N2O2. The zero-order valence-corrected chi connectivity index (χ0v) is 10.3. The fourth-order valence-electron chi connectivity index (χ4n) is 2.36. The van der Waals surface area contributed by atoms with E-state index in [1.54, 1.807) is 0 Å². The summed E-state index contributed by atoms with van der Waals surface area (Å²) >= 11 is 0. The van der Waals surface area contributed by atoms with Crippen LogP contribution < -0.4 is 5.32 Å². The van der Waals surface area contributed by atoms with E-state index in [1.807, 2.05) is 0 Å². The molecule has 1 N–H and O–H groups in total. The summed E-state index contributed by atoms with van der Waals surface area (Å²) in [6.07, 6.45) is 3.56. The van der Waals surface area contributed by atoms with Crippen LogP contribution in [0.2, 0.25) is 0 Å². The molecular weight excluding hydrogens is 204 g/mol. The van der Waals surface area contributed by atoms with Gasteiger partial charge < -0.3 is 14.8 Å². The predicted molar refractivity (Wildman–Crippen MR) is 63.4 cm³/mol. The zero-order valence-electron chi connectivity index (χ0n) is 10.3. The Labute approximate surface area is 98.3 Å². The molecule has 0 aromatic carbocycles. The van der Waals surface area contributed by atoms with Crippen molar-refractivity contribution in [2.45, 2.75) is 38.5 Å². The Bertz CT molecular complexity index is 195. The lowest BCUT2D eigenvalue weighted by Crippen LogP contribution is -2.50. The number of hydrogen-bond donors (Lipinski definition) is 1. The summed E-state index contributed by atoms with van der Waals surface area (Å²) < 4.78 is 11.3. The fourth-order valence-corrected chi connectivity index (χ4v) is 2.36. The Morgan fingerprint density at radius 2 is 2.38 bits per heavy atom. The Morgan fingerprint density at radius 1 is 1.44 bits per heavy atom. The highest BCUT2D eigenvalue weighted by Crippen LogP contribution is 2.13. The van der Waals surface area contributed by atoms with E-state index >= 15 is 0 Å². The van der Waals surface area contributed by atoms with Crippen molar-refractivity contribution in [3.05, 3.63) is 0 Å². The second kappa shape index (κ2) is 6.55. The summed E-state index contributed by atoms with van der Waals surface area (Å²) in [5.41, 5.74) is 0. The first kappa shape index (κ1) is 12.3. The topological polar surface area (TPSA) is 33.7 Å². The third-order valence-corrected chi connectivity index (χ3v) is 3.46. The Kier molecular flexibility index (Phi) is 5.03. The largest absolute Gasteiger partial charge is 0.353 e. The molecule has 2 rings (SSSR count). The Balaban J connectivity index is 1.59. The van der Waals surface area contributed by atoms with Crippen molar-refractivity contribution in [3.8, 4) is 0 Å². The molecule has 0 radical (unpaired) electrons. The average molecular weight is 228 g/mol. The van der Waals surface area contributed by atoms with Gasteiger partial charge in [-0.3, -0.25) is 4.90 Å². The smallest absolute Gasteiger partial charge is 0.157 e. The molecule has 2 heterocycles. The van der Waals surface area contributed by atoms with E-state index < -0.39 is 0 Å². The Morgan fingerprint density at radius 3 is 3.12 bits per heavy atom. The average Bonchev–Trinajstić information content (AvgIpc) is 2.33. The summed E-state index contributed by atoms with van der Waals surface area (Å²) in [7, 11) is 0. The first-order valence-corrected chi connectivity index (χ1v) is 6.54. The van der Waals surface area contributed by atoms with Gasteiger partial charge in [0.2, 0.25) is 0 Å². The highest BCUT2D eigenvalue weighted by Gasteiger charge is 2.18. The van der Waals surface area contributed by atoms with Crippen LogP contribution in [-0.2, 0) is 9.47 Å². The molecule has 16 heavy (non-hydrogen) atoms. The number of nitrogens with one attached hydrogen (secondary N) is 1. The lowest BCUT2D eigenvalue weighted by atomic mass is 10.2. The van der Waals surface area contributed by atoms with Gasteiger partial charge in [0.25, 0.3) is 0 Å². The minimum atomic E-state index is 0.0620. The van der Waals surface area contributed by atoms with Crippen LogP contribution in [0.5, 0.6) is 0 Å². The first-order chi connectivity index (χ1) is 7.86. The monoisotopic (exact) mass is 228 g/mol. The van der Waals surface area contributed by atoms with E-state index in [-0.39, 0.29) is 6.29 Å². The summed E-state index contributed by atoms with van der Waals surface area (Å²) in [6, 6.07) is 0.629. The van der Waals surface area contributed by atoms with Crippen LogP contribution in [0.15, 0.2) is 0 Å². The van der Waals surface area contributed by atoms with Gasteiger partial charge in [-0.25, -0.2) is 0 Å². The first-order valence-electron chi connectivity index (χ1n) is 6.54. The van der Waals surface area contributed by atoms with Gasteiger partial charge in [0.1, 0.15) is 0 Å². The van der Waals surface area contributed by atoms with E-state index in [9.17, 15) is 0 Å². The third kappa shape index (κ3) is 3.70. The van der Waals surface area contributed by atoms with Gasteiger partial charge in [0.15, 0.2) is 6.29 Å². The molecule has 2 unspecified atom stereocenters. The molecule has 2 atom stereocenters. The van der Waals surface area contributed by atoms with Gasteiger partial charge in [0, 0.05) is 38.8 Å². The lowest BCUT2D eigenvalue weighted by Gasteiger charge is -2.34. The van der Waals surface area contributed by atoms with Gasteiger partial charge in [-0.1, -0.05) is 0 Å². The van der Waals surface area contributed by atoms with E-state index in [0.717, 1.165) is 45.8 Å². The third-order valence-electron chi connectivity index (χ3n) is 3.46. The number of ether oxygens (including phenoxy) is 2. The summed E-state index contributed by atoms with van der Waals surface area (Å²) in [5, 5.41) is 3.40.